The number of imide groups is 1. The molecule has 0 bridgehead atoms. The van der Waals surface area contributed by atoms with Crippen molar-refractivity contribution in [3.8, 4) is 16.9 Å². The van der Waals surface area contributed by atoms with Gasteiger partial charge in [0.15, 0.2) is 0 Å². The van der Waals surface area contributed by atoms with Crippen LogP contribution in [-0.4, -0.2) is 45.9 Å². The van der Waals surface area contributed by atoms with Gasteiger partial charge in [0.1, 0.15) is 23.7 Å². The smallest absolute Gasteiger partial charge is 0.585 e. The molecule has 0 aliphatic carbocycles. The maximum Gasteiger partial charge on any atom is 1.00 e. The number of carbonyl (C=O) groups is 2. The van der Waals surface area contributed by atoms with Crippen molar-refractivity contribution in [2.75, 3.05) is 18.5 Å². The molecule has 0 radical (unpaired) electrons. The average molecular weight is 543 g/mol. The van der Waals surface area contributed by atoms with E-state index in [4.69, 9.17) is 9.84 Å². The number of hydrogen-bond donors (Lipinski definition) is 3. The van der Waals surface area contributed by atoms with Gasteiger partial charge in [0, 0.05) is 12.2 Å². The monoisotopic (exact) mass is 542 g/mol. The topological polar surface area (TPSA) is 110 Å². The van der Waals surface area contributed by atoms with E-state index in [2.05, 4.69) is 35.8 Å². The number of hydrogen-bond acceptors (Lipinski definition) is 7. The van der Waals surface area contributed by atoms with Crippen molar-refractivity contribution in [1.29, 1.82) is 0 Å². The second kappa shape index (κ2) is 13.6. The second-order valence-corrected chi connectivity index (χ2v) is 10.4. The Morgan fingerprint density at radius 1 is 1.05 bits per heavy atom. The van der Waals surface area contributed by atoms with E-state index in [1.165, 1.54) is 11.1 Å². The fourth-order valence-corrected chi connectivity index (χ4v) is 5.30. The van der Waals surface area contributed by atoms with Gasteiger partial charge in [-0.2, -0.15) is 0 Å². The fourth-order valence-electron chi connectivity index (χ4n) is 4.48. The first kappa shape index (κ1) is 30.2. The number of aryl methyl sites for hydroxylation is 2. The van der Waals surface area contributed by atoms with Crippen LogP contribution in [0, 0.1) is 20.8 Å². The van der Waals surface area contributed by atoms with E-state index in [-0.39, 0.29) is 48.7 Å². The number of ether oxygens (including phenoxy) is 1. The standard InChI is InChI=1S/C29H32N2O5S.Na/c1-17-11-24(36-16-23(33)15-32)12-18(2)27(17)25-6-4-5-21(19(25)3)14-30-22-9-7-20(8-10-22)13-26-28(34)31-29(35)37-26;/h4-12,23,26,30,32-33H,13-16H2,1-3H3,(H,31,34,35);/q;+1/p-1/t23-,26?;/m0./s1. The Morgan fingerprint density at radius 2 is 1.74 bits per heavy atom. The Balaban J connectivity index is 0.00000400. The summed E-state index contributed by atoms with van der Waals surface area (Å²) < 4.78 is 5.65. The van der Waals surface area contributed by atoms with Gasteiger partial charge in [0.25, 0.3) is 0 Å². The van der Waals surface area contributed by atoms with E-state index < -0.39 is 16.6 Å². The Kier molecular flexibility index (Phi) is 10.8. The Labute approximate surface area is 249 Å². The van der Waals surface area contributed by atoms with Crippen LogP contribution in [0.5, 0.6) is 5.75 Å². The Morgan fingerprint density at radius 3 is 2.34 bits per heavy atom. The minimum absolute atomic E-state index is 0. The summed E-state index contributed by atoms with van der Waals surface area (Å²) in [7, 11) is 0. The predicted molar refractivity (Wildman–Crippen MR) is 147 cm³/mol. The third-order valence-corrected chi connectivity index (χ3v) is 7.40. The van der Waals surface area contributed by atoms with Gasteiger partial charge in [-0.1, -0.05) is 42.1 Å². The summed E-state index contributed by atoms with van der Waals surface area (Å²) in [5.41, 5.74) is 8.79. The van der Waals surface area contributed by atoms with E-state index in [0.29, 0.717) is 18.7 Å². The van der Waals surface area contributed by atoms with Crippen LogP contribution in [0.25, 0.3) is 16.4 Å². The zero-order valence-corrected chi connectivity index (χ0v) is 25.0. The van der Waals surface area contributed by atoms with E-state index in [0.717, 1.165) is 45.3 Å². The molecule has 7 nitrogen and oxygen atoms in total. The Hall–Kier alpha value is -2.33. The number of nitrogens with zero attached hydrogens (tertiary/aromatic N) is 1. The summed E-state index contributed by atoms with van der Waals surface area (Å²) in [5.74, 6) is 0.322. The van der Waals surface area contributed by atoms with Crippen LogP contribution in [-0.2, 0) is 17.8 Å². The molecular weight excluding hydrogens is 511 g/mol. The quantitative estimate of drug-likeness (QED) is 0.337. The first-order chi connectivity index (χ1) is 17.7. The van der Waals surface area contributed by atoms with Gasteiger partial charge in [-0.05, 0) is 90.4 Å². The van der Waals surface area contributed by atoms with Gasteiger partial charge in [-0.15, -0.1) is 0 Å². The molecular formula is C29H31N2NaO5S. The van der Waals surface area contributed by atoms with Crippen LogP contribution < -0.4 is 39.6 Å². The molecule has 1 aliphatic heterocycles. The van der Waals surface area contributed by atoms with Gasteiger partial charge in [-0.3, -0.25) is 0 Å². The van der Waals surface area contributed by atoms with Crippen molar-refractivity contribution in [3.05, 3.63) is 87.7 Å². The van der Waals surface area contributed by atoms with E-state index in [1.807, 2.05) is 50.2 Å². The summed E-state index contributed by atoms with van der Waals surface area (Å²) in [5, 5.41) is 24.7. The molecule has 0 aromatic heterocycles. The predicted octanol–water partition coefficient (Wildman–Crippen LogP) is 2.31. The average Bonchev–Trinajstić information content (AvgIpc) is 3.19. The summed E-state index contributed by atoms with van der Waals surface area (Å²) in [6.07, 6.45) is -0.412. The van der Waals surface area contributed by atoms with Crippen molar-refractivity contribution in [2.24, 2.45) is 0 Å². The summed E-state index contributed by atoms with van der Waals surface area (Å²) >= 11 is 0.991. The van der Waals surface area contributed by atoms with Crippen molar-refractivity contribution < 1.29 is 54.1 Å². The molecule has 3 aromatic rings. The molecule has 38 heavy (non-hydrogen) atoms. The van der Waals surface area contributed by atoms with Crippen molar-refractivity contribution in [1.82, 2.24) is 0 Å². The van der Waals surface area contributed by atoms with Crippen LogP contribution in [0.1, 0.15) is 27.8 Å². The van der Waals surface area contributed by atoms with Crippen LogP contribution in [0.15, 0.2) is 54.6 Å². The van der Waals surface area contributed by atoms with Crippen LogP contribution >= 0.6 is 11.8 Å². The molecule has 2 amide bonds. The molecule has 0 spiro atoms. The van der Waals surface area contributed by atoms with Gasteiger partial charge in [0.05, 0.1) is 17.8 Å². The number of nitrogens with one attached hydrogen (secondary N) is 1. The summed E-state index contributed by atoms with van der Waals surface area (Å²) in [6, 6.07) is 18.1. The van der Waals surface area contributed by atoms with E-state index in [9.17, 15) is 14.7 Å². The third kappa shape index (κ3) is 7.40. The molecule has 1 unspecified atom stereocenters. The Bertz CT molecular complexity index is 1280. The summed E-state index contributed by atoms with van der Waals surface area (Å²) in [4.78, 5) is 23.1. The number of anilines is 1. The van der Waals surface area contributed by atoms with Gasteiger partial charge in [0.2, 0.25) is 0 Å². The van der Waals surface area contributed by atoms with Crippen molar-refractivity contribution >= 4 is 28.6 Å². The largest absolute Gasteiger partial charge is 1.00 e. The normalized spacial score (nSPS) is 15.6. The number of benzene rings is 3. The van der Waals surface area contributed by atoms with Gasteiger partial charge < -0.3 is 35.2 Å². The number of rotatable bonds is 10. The van der Waals surface area contributed by atoms with E-state index >= 15 is 0 Å². The minimum atomic E-state index is -0.903. The van der Waals surface area contributed by atoms with Crippen LogP contribution in [0.3, 0.4) is 0 Å². The number of amides is 2. The molecule has 2 atom stereocenters. The maximum absolute atomic E-state index is 11.8. The third-order valence-electron chi connectivity index (χ3n) is 6.45. The summed E-state index contributed by atoms with van der Waals surface area (Å²) in [6.45, 7) is 6.58. The molecule has 4 rings (SSSR count). The molecule has 1 heterocycles. The molecule has 194 valence electrons. The molecule has 3 aromatic carbocycles. The number of thioether (sulfide) groups is 1. The zero-order chi connectivity index (χ0) is 26.5. The molecule has 3 N–H and O–H groups in total. The zero-order valence-electron chi connectivity index (χ0n) is 22.2. The molecule has 9 heteroatoms. The molecule has 1 saturated heterocycles. The number of aliphatic hydroxyl groups excluding tert-OH is 2. The van der Waals surface area contributed by atoms with Crippen molar-refractivity contribution in [2.45, 2.75) is 45.1 Å². The van der Waals surface area contributed by atoms with Crippen molar-refractivity contribution in [3.63, 3.8) is 0 Å². The fraction of sp³-hybridized carbons (Fsp3) is 0.310. The molecule has 0 saturated carbocycles. The van der Waals surface area contributed by atoms with Crippen LogP contribution in [0.4, 0.5) is 10.5 Å². The molecule has 1 fully saturated rings. The number of carbonyl (C=O) groups excluding carboxylic acids is 2. The van der Waals surface area contributed by atoms with Gasteiger partial charge >= 0.3 is 29.6 Å². The first-order valence-corrected chi connectivity index (χ1v) is 13.0. The minimum Gasteiger partial charge on any atom is -0.585 e. The van der Waals surface area contributed by atoms with E-state index in [1.54, 1.807) is 0 Å². The number of aliphatic hydroxyl groups is 2. The SMILES string of the molecule is Cc1cc(OC[C@@H](O)CO)cc(C)c1-c1cccc(CNc2ccc(CC3SC(=O)[N-]C3=O)cc2)c1C.[Na+]. The molecule has 1 aliphatic rings. The van der Waals surface area contributed by atoms with Crippen LogP contribution in [0.2, 0.25) is 0 Å². The maximum atomic E-state index is 11.8. The second-order valence-electron chi connectivity index (χ2n) is 9.25. The van der Waals surface area contributed by atoms with Gasteiger partial charge in [-0.25, -0.2) is 0 Å². The first-order valence-electron chi connectivity index (χ1n) is 12.2.